The number of nitrogens with zero attached hydrogens (tertiary/aromatic N) is 2. The highest BCUT2D eigenvalue weighted by Crippen LogP contribution is 2.41. The maximum absolute atomic E-state index is 13.0. The van der Waals surface area contributed by atoms with E-state index in [4.69, 9.17) is 4.74 Å². The summed E-state index contributed by atoms with van der Waals surface area (Å²) in [6.45, 7) is 6.64. The first-order valence-corrected chi connectivity index (χ1v) is 9.15. The Morgan fingerprint density at radius 2 is 1.81 bits per heavy atom. The molecule has 0 aromatic heterocycles. The molecule has 0 saturated carbocycles. The van der Waals surface area contributed by atoms with Crippen molar-refractivity contribution in [3.63, 3.8) is 0 Å². The molecule has 1 amide bonds. The molecule has 2 rings (SSSR count). The summed E-state index contributed by atoms with van der Waals surface area (Å²) in [5.41, 5.74) is 0.265. The first kappa shape index (κ1) is 21.0. The number of ether oxygens (including phenoxy) is 1. The summed E-state index contributed by atoms with van der Waals surface area (Å²) in [6.07, 6.45) is 0.746. The van der Waals surface area contributed by atoms with Gasteiger partial charge in [0.05, 0.1) is 18.7 Å². The maximum atomic E-state index is 13.0. The van der Waals surface area contributed by atoms with Crippen molar-refractivity contribution in [2.24, 2.45) is 5.41 Å². The number of rotatable bonds is 7. The molecule has 0 saturated heterocycles. The highest BCUT2D eigenvalue weighted by atomic mass is 16.5. The summed E-state index contributed by atoms with van der Waals surface area (Å²) in [5.74, 6) is -0.439. The molecule has 0 bridgehead atoms. The van der Waals surface area contributed by atoms with Gasteiger partial charge in [0, 0.05) is 12.0 Å². The Kier molecular flexibility index (Phi) is 6.31. The molecule has 0 aliphatic carbocycles. The first-order valence-electron chi connectivity index (χ1n) is 9.15. The van der Waals surface area contributed by atoms with Crippen LogP contribution in [-0.2, 0) is 9.59 Å². The smallest absolute Gasteiger partial charge is 0.290 e. The van der Waals surface area contributed by atoms with Crippen LogP contribution in [0, 0.1) is 5.41 Å². The average molecular weight is 374 g/mol. The van der Waals surface area contributed by atoms with E-state index in [1.54, 1.807) is 44.9 Å². The summed E-state index contributed by atoms with van der Waals surface area (Å²) in [7, 11) is 5.52. The molecule has 1 heterocycles. The minimum atomic E-state index is -0.700. The number of ketones is 1. The van der Waals surface area contributed by atoms with Crippen molar-refractivity contribution in [1.29, 1.82) is 0 Å². The number of hydrogen-bond acceptors (Lipinski definition) is 5. The third-order valence-electron chi connectivity index (χ3n) is 4.67. The molecule has 148 valence electrons. The average Bonchev–Trinajstić information content (AvgIpc) is 2.85. The second-order valence-electron chi connectivity index (χ2n) is 8.17. The molecule has 6 heteroatoms. The lowest BCUT2D eigenvalue weighted by Crippen LogP contribution is -2.34. The number of aliphatic hydroxyl groups excluding tert-OH is 1. The fourth-order valence-corrected chi connectivity index (χ4v) is 3.21. The normalized spacial score (nSPS) is 17.8. The Labute approximate surface area is 161 Å². The van der Waals surface area contributed by atoms with Gasteiger partial charge in [-0.25, -0.2) is 0 Å². The van der Waals surface area contributed by atoms with Gasteiger partial charge in [0.1, 0.15) is 5.75 Å². The van der Waals surface area contributed by atoms with Crippen LogP contribution in [0.2, 0.25) is 0 Å². The molecule has 6 nitrogen and oxygen atoms in total. The lowest BCUT2D eigenvalue weighted by molar-refractivity contribution is -0.129. The first-order chi connectivity index (χ1) is 12.6. The van der Waals surface area contributed by atoms with Crippen molar-refractivity contribution >= 4 is 11.7 Å². The summed E-state index contributed by atoms with van der Waals surface area (Å²) >= 11 is 0. The zero-order chi connectivity index (χ0) is 20.4. The van der Waals surface area contributed by atoms with E-state index in [0.29, 0.717) is 12.3 Å². The molecule has 1 aromatic rings. The van der Waals surface area contributed by atoms with Crippen molar-refractivity contribution in [3.05, 3.63) is 41.2 Å². The highest BCUT2D eigenvalue weighted by molar-refractivity contribution is 6.10. The number of hydrogen-bond donors (Lipinski definition) is 1. The number of Topliss-reactive ketones (excluding diaryl/α,β-unsaturated/α-hetero) is 1. The lowest BCUT2D eigenvalue weighted by atomic mass is 9.82. The van der Waals surface area contributed by atoms with Gasteiger partial charge in [0.15, 0.2) is 11.5 Å². The van der Waals surface area contributed by atoms with Gasteiger partial charge in [-0.2, -0.15) is 0 Å². The Morgan fingerprint density at radius 3 is 2.30 bits per heavy atom. The molecular weight excluding hydrogens is 344 g/mol. The molecule has 1 N–H and O–H groups in total. The number of carbonyl (C=O) groups is 2. The van der Waals surface area contributed by atoms with Crippen LogP contribution >= 0.6 is 0 Å². The summed E-state index contributed by atoms with van der Waals surface area (Å²) in [4.78, 5) is 29.4. The number of methoxy groups -OCH3 is 1. The van der Waals surface area contributed by atoms with Gasteiger partial charge in [-0.15, -0.1) is 0 Å². The zero-order valence-electron chi connectivity index (χ0n) is 17.1. The Morgan fingerprint density at radius 1 is 1.22 bits per heavy atom. The van der Waals surface area contributed by atoms with Crippen LogP contribution in [0.4, 0.5) is 0 Å². The fourth-order valence-electron chi connectivity index (χ4n) is 3.21. The summed E-state index contributed by atoms with van der Waals surface area (Å²) < 4.78 is 5.21. The molecule has 0 spiro atoms. The van der Waals surface area contributed by atoms with Crippen LogP contribution in [-0.4, -0.2) is 60.9 Å². The molecule has 1 aliphatic heterocycles. The molecule has 0 radical (unpaired) electrons. The van der Waals surface area contributed by atoms with Crippen LogP contribution in [0.5, 0.6) is 5.75 Å². The van der Waals surface area contributed by atoms with Crippen molar-refractivity contribution in [2.45, 2.75) is 33.2 Å². The van der Waals surface area contributed by atoms with Crippen LogP contribution < -0.4 is 4.74 Å². The molecular formula is C21H30N2O4. The third-order valence-corrected chi connectivity index (χ3v) is 4.67. The highest BCUT2D eigenvalue weighted by Gasteiger charge is 2.45. The quantitative estimate of drug-likeness (QED) is 0.795. The van der Waals surface area contributed by atoms with Crippen molar-refractivity contribution in [2.75, 3.05) is 34.3 Å². The largest absolute Gasteiger partial charge is 0.503 e. The van der Waals surface area contributed by atoms with Crippen LogP contribution in [0.3, 0.4) is 0 Å². The second kappa shape index (κ2) is 8.13. The van der Waals surface area contributed by atoms with E-state index in [-0.39, 0.29) is 11.4 Å². The zero-order valence-corrected chi connectivity index (χ0v) is 17.1. The number of carbonyl (C=O) groups excluding carboxylic acids is 2. The van der Waals surface area contributed by atoms with E-state index in [2.05, 4.69) is 0 Å². The van der Waals surface area contributed by atoms with Gasteiger partial charge in [-0.05, 0) is 44.8 Å². The van der Waals surface area contributed by atoms with Gasteiger partial charge >= 0.3 is 0 Å². The van der Waals surface area contributed by atoms with E-state index in [1.807, 2.05) is 31.1 Å². The summed E-state index contributed by atoms with van der Waals surface area (Å²) in [6, 6.07) is 6.69. The van der Waals surface area contributed by atoms with Crippen molar-refractivity contribution < 1.29 is 19.4 Å². The SMILES string of the molecule is COc1ccc(C2C(C(=O)C(C)(C)C)=C(O)C(=O)N2CCCN(C)C)cc1. The van der Waals surface area contributed by atoms with E-state index in [9.17, 15) is 14.7 Å². The third kappa shape index (κ3) is 4.50. The number of benzene rings is 1. The van der Waals surface area contributed by atoms with Gasteiger partial charge in [0.2, 0.25) is 0 Å². The van der Waals surface area contributed by atoms with Crippen molar-refractivity contribution in [3.8, 4) is 5.75 Å². The standard InChI is InChI=1S/C21H30N2O4/c1-21(2,3)19(25)16-17(14-8-10-15(27-6)11-9-14)23(20(26)18(16)24)13-7-12-22(4)5/h8-11,17,24H,7,12-13H2,1-6H3. The lowest BCUT2D eigenvalue weighted by Gasteiger charge is -2.29. The summed E-state index contributed by atoms with van der Waals surface area (Å²) in [5, 5.41) is 10.5. The predicted molar refractivity (Wildman–Crippen MR) is 105 cm³/mol. The fraction of sp³-hybridized carbons (Fsp3) is 0.524. The molecule has 0 fully saturated rings. The van der Waals surface area contributed by atoms with Crippen molar-refractivity contribution in [1.82, 2.24) is 9.80 Å². The molecule has 27 heavy (non-hydrogen) atoms. The minimum absolute atomic E-state index is 0.183. The topological polar surface area (TPSA) is 70.1 Å². The maximum Gasteiger partial charge on any atom is 0.290 e. The Hall–Kier alpha value is -2.34. The number of amides is 1. The molecule has 1 atom stereocenters. The second-order valence-corrected chi connectivity index (χ2v) is 8.17. The Bertz CT molecular complexity index is 730. The number of aliphatic hydroxyl groups is 1. The molecule has 1 aliphatic rings. The van der Waals surface area contributed by atoms with Gasteiger partial charge < -0.3 is 19.6 Å². The van der Waals surface area contributed by atoms with E-state index < -0.39 is 23.1 Å². The predicted octanol–water partition coefficient (Wildman–Crippen LogP) is 2.96. The van der Waals surface area contributed by atoms with Crippen LogP contribution in [0.1, 0.15) is 38.8 Å². The monoisotopic (exact) mass is 374 g/mol. The van der Waals surface area contributed by atoms with Gasteiger partial charge in [-0.3, -0.25) is 9.59 Å². The minimum Gasteiger partial charge on any atom is -0.503 e. The van der Waals surface area contributed by atoms with Gasteiger partial charge in [-0.1, -0.05) is 32.9 Å². The van der Waals surface area contributed by atoms with Crippen LogP contribution in [0.15, 0.2) is 35.6 Å². The van der Waals surface area contributed by atoms with E-state index in [0.717, 1.165) is 18.5 Å². The molecule has 1 unspecified atom stereocenters. The van der Waals surface area contributed by atoms with Crippen LogP contribution in [0.25, 0.3) is 0 Å². The molecule has 1 aromatic carbocycles. The van der Waals surface area contributed by atoms with Gasteiger partial charge in [0.25, 0.3) is 5.91 Å². The van der Waals surface area contributed by atoms with E-state index >= 15 is 0 Å². The van der Waals surface area contributed by atoms with E-state index in [1.165, 1.54) is 0 Å². The Balaban J connectivity index is 2.45.